The quantitative estimate of drug-likeness (QED) is 0.239. The smallest absolute Gasteiger partial charge is 0.342 e. The predicted octanol–water partition coefficient (Wildman–Crippen LogP) is 6.14. The van der Waals surface area contributed by atoms with Gasteiger partial charge in [0.2, 0.25) is 0 Å². The van der Waals surface area contributed by atoms with Crippen molar-refractivity contribution < 1.29 is 22.8 Å². The third-order valence-electron chi connectivity index (χ3n) is 4.95. The van der Waals surface area contributed by atoms with Crippen molar-refractivity contribution in [2.24, 2.45) is 0 Å². The minimum Gasteiger partial charge on any atom is -0.342 e. The van der Waals surface area contributed by atoms with Gasteiger partial charge < -0.3 is 16.0 Å². The van der Waals surface area contributed by atoms with Crippen LogP contribution in [0, 0.1) is 0 Å². The molecule has 4 aromatic rings. The maximum absolute atomic E-state index is 12.9. The number of benzene rings is 1. The van der Waals surface area contributed by atoms with Crippen LogP contribution in [0.1, 0.15) is 43.7 Å². The summed E-state index contributed by atoms with van der Waals surface area (Å²) >= 11 is 13.0. The molecule has 9 nitrogen and oxygen atoms in total. The molecule has 0 spiro atoms. The number of nitrogens with one attached hydrogen (secondary N) is 3. The molecule has 0 aliphatic rings. The number of hydrogen-bond acceptors (Lipinski definition) is 8. The molecule has 1 aromatic carbocycles. The summed E-state index contributed by atoms with van der Waals surface area (Å²) in [7, 11) is 0. The number of carbonyl (C=O) groups is 2. The maximum Gasteiger partial charge on any atom is 0.417 e. The van der Waals surface area contributed by atoms with Crippen LogP contribution in [0.4, 0.5) is 30.4 Å². The predicted molar refractivity (Wildman–Crippen MR) is 137 cm³/mol. The molecule has 0 aliphatic heterocycles. The molecule has 0 aliphatic carbocycles. The molecule has 4 rings (SSSR count). The molecule has 38 heavy (non-hydrogen) atoms. The van der Waals surface area contributed by atoms with E-state index >= 15 is 0 Å². The van der Waals surface area contributed by atoms with Crippen molar-refractivity contribution in [3.63, 3.8) is 0 Å². The molecule has 15 heteroatoms. The lowest BCUT2D eigenvalue weighted by atomic mass is 10.2. The van der Waals surface area contributed by atoms with Crippen molar-refractivity contribution >= 4 is 63.5 Å². The normalized spacial score (nSPS) is 12.1. The number of aromatic nitrogens is 4. The molecule has 3 heterocycles. The van der Waals surface area contributed by atoms with Crippen molar-refractivity contribution in [1.82, 2.24) is 25.3 Å². The van der Waals surface area contributed by atoms with Crippen molar-refractivity contribution in [2.75, 3.05) is 10.6 Å². The fourth-order valence-corrected chi connectivity index (χ4v) is 4.46. The molecular weight excluding hydrogens is 566 g/mol. The third-order valence-corrected chi connectivity index (χ3v) is 6.79. The van der Waals surface area contributed by atoms with Crippen LogP contribution in [0.5, 0.6) is 0 Å². The van der Waals surface area contributed by atoms with Gasteiger partial charge in [0.1, 0.15) is 21.2 Å². The van der Waals surface area contributed by atoms with E-state index in [4.69, 9.17) is 23.2 Å². The lowest BCUT2D eigenvalue weighted by Crippen LogP contribution is -2.28. The Kier molecular flexibility index (Phi) is 8.09. The highest BCUT2D eigenvalue weighted by Crippen LogP contribution is 2.36. The molecule has 1 unspecified atom stereocenters. The van der Waals surface area contributed by atoms with Crippen molar-refractivity contribution in [2.45, 2.75) is 19.1 Å². The van der Waals surface area contributed by atoms with E-state index in [2.05, 4.69) is 35.9 Å². The summed E-state index contributed by atoms with van der Waals surface area (Å²) in [5.74, 6) is -0.973. The van der Waals surface area contributed by atoms with Crippen molar-refractivity contribution in [3.8, 4) is 0 Å². The van der Waals surface area contributed by atoms with Gasteiger partial charge in [-0.15, -0.1) is 11.3 Å². The molecule has 0 fully saturated rings. The molecule has 1 atom stereocenters. The number of pyridine rings is 1. The molecule has 0 saturated carbocycles. The Balaban J connectivity index is 1.41. The highest BCUT2D eigenvalue weighted by atomic mass is 35.5. The molecule has 3 N–H and O–H groups in total. The first-order chi connectivity index (χ1) is 18.0. The first kappa shape index (κ1) is 27.2. The molecule has 0 radical (unpaired) electrons. The number of hydrogen-bond donors (Lipinski definition) is 3. The molecule has 0 bridgehead atoms. The van der Waals surface area contributed by atoms with Gasteiger partial charge in [-0.25, -0.2) is 15.0 Å². The number of alkyl halides is 3. The van der Waals surface area contributed by atoms with Crippen LogP contribution < -0.4 is 16.0 Å². The summed E-state index contributed by atoms with van der Waals surface area (Å²) in [6.07, 6.45) is 1.02. The summed E-state index contributed by atoms with van der Waals surface area (Å²) < 4.78 is 38.7. The first-order valence-electron chi connectivity index (χ1n) is 10.6. The first-order valence-corrected chi connectivity index (χ1v) is 12.2. The van der Waals surface area contributed by atoms with Gasteiger partial charge in [-0.3, -0.25) is 14.6 Å². The van der Waals surface area contributed by atoms with Crippen LogP contribution in [-0.2, 0) is 6.18 Å². The molecular formula is C23H16Cl2F3N7O2S. The van der Waals surface area contributed by atoms with Gasteiger partial charge in [-0.05, 0) is 37.3 Å². The Hall–Kier alpha value is -3.81. The third kappa shape index (κ3) is 6.36. The van der Waals surface area contributed by atoms with E-state index in [1.807, 2.05) is 0 Å². The Morgan fingerprint density at radius 1 is 1.00 bits per heavy atom. The zero-order valence-corrected chi connectivity index (χ0v) is 21.5. The van der Waals surface area contributed by atoms with E-state index in [0.29, 0.717) is 10.7 Å². The van der Waals surface area contributed by atoms with Crippen LogP contribution >= 0.6 is 34.5 Å². The number of carbonyl (C=O) groups excluding carboxylic acids is 2. The summed E-state index contributed by atoms with van der Waals surface area (Å²) in [5.41, 5.74) is -0.337. The van der Waals surface area contributed by atoms with E-state index in [9.17, 15) is 22.8 Å². The summed E-state index contributed by atoms with van der Waals surface area (Å²) in [5, 5.41) is 8.03. The second kappa shape index (κ2) is 11.3. The second-order valence-corrected chi connectivity index (χ2v) is 9.50. The zero-order valence-electron chi connectivity index (χ0n) is 19.2. The number of halogens is 5. The largest absolute Gasteiger partial charge is 0.417 e. The van der Waals surface area contributed by atoms with Gasteiger partial charge in [0, 0.05) is 23.8 Å². The van der Waals surface area contributed by atoms with Crippen LogP contribution in [-0.4, -0.2) is 31.8 Å². The summed E-state index contributed by atoms with van der Waals surface area (Å²) in [4.78, 5) is 41.7. The Morgan fingerprint density at radius 3 is 2.42 bits per heavy atom. The van der Waals surface area contributed by atoms with Gasteiger partial charge in [0.25, 0.3) is 11.8 Å². The average Bonchev–Trinajstić information content (AvgIpc) is 3.36. The van der Waals surface area contributed by atoms with E-state index in [-0.39, 0.29) is 27.1 Å². The lowest BCUT2D eigenvalue weighted by molar-refractivity contribution is -0.137. The second-order valence-electron chi connectivity index (χ2n) is 7.65. The SMILES string of the molecule is CC(NC(=O)c1ncnc(Nc2ccncc2)c1Cl)c1ncc(C(=O)Nc2ccc(C(F)(F)F)c(Cl)c2)s1. The molecule has 3 aromatic heterocycles. The molecule has 0 saturated heterocycles. The van der Waals surface area contributed by atoms with Crippen molar-refractivity contribution in [1.29, 1.82) is 0 Å². The van der Waals surface area contributed by atoms with Crippen molar-refractivity contribution in [3.05, 3.63) is 86.4 Å². The van der Waals surface area contributed by atoms with Gasteiger partial charge >= 0.3 is 6.18 Å². The zero-order chi connectivity index (χ0) is 27.4. The van der Waals surface area contributed by atoms with Gasteiger partial charge in [0.15, 0.2) is 11.5 Å². The monoisotopic (exact) mass is 581 g/mol. The average molecular weight is 582 g/mol. The lowest BCUT2D eigenvalue weighted by Gasteiger charge is -2.13. The minimum absolute atomic E-state index is 0.00317. The van der Waals surface area contributed by atoms with Gasteiger partial charge in [-0.1, -0.05) is 23.2 Å². The van der Waals surface area contributed by atoms with Crippen LogP contribution in [0.25, 0.3) is 0 Å². The topological polar surface area (TPSA) is 122 Å². The van der Waals surface area contributed by atoms with Crippen LogP contribution in [0.2, 0.25) is 10.0 Å². The van der Waals surface area contributed by atoms with Gasteiger partial charge in [0.05, 0.1) is 22.8 Å². The fraction of sp³-hybridized carbons (Fsp3) is 0.130. The van der Waals surface area contributed by atoms with E-state index in [1.165, 1.54) is 12.5 Å². The maximum atomic E-state index is 12.9. The molecule has 2 amide bonds. The van der Waals surface area contributed by atoms with E-state index < -0.39 is 34.6 Å². The number of anilines is 3. The number of nitrogens with zero attached hydrogens (tertiary/aromatic N) is 4. The number of rotatable bonds is 7. The summed E-state index contributed by atoms with van der Waals surface area (Å²) in [6, 6.07) is 5.66. The summed E-state index contributed by atoms with van der Waals surface area (Å²) in [6.45, 7) is 1.65. The van der Waals surface area contributed by atoms with E-state index in [1.54, 1.807) is 31.5 Å². The molecule has 196 valence electrons. The standard InChI is InChI=1S/C23H16Cl2F3N7O2S/c1-11(33-21(37)18-17(25)19(32-10-31-18)34-12-4-6-29-7-5-12)22-30-9-16(38-22)20(36)35-13-2-3-14(15(24)8-13)23(26,27)28/h2-11H,1H3,(H,33,37)(H,35,36)(H,29,31,32,34). The fourth-order valence-electron chi connectivity index (χ4n) is 3.12. The van der Waals surface area contributed by atoms with Crippen LogP contribution in [0.3, 0.4) is 0 Å². The Bertz CT molecular complexity index is 1490. The number of thiazole rings is 1. The Labute approximate surface area is 227 Å². The van der Waals surface area contributed by atoms with E-state index in [0.717, 1.165) is 29.5 Å². The van der Waals surface area contributed by atoms with Gasteiger partial charge in [-0.2, -0.15) is 13.2 Å². The Morgan fingerprint density at radius 2 is 1.74 bits per heavy atom. The van der Waals surface area contributed by atoms with Crippen LogP contribution in [0.15, 0.2) is 55.2 Å². The highest BCUT2D eigenvalue weighted by Gasteiger charge is 2.33. The highest BCUT2D eigenvalue weighted by molar-refractivity contribution is 7.13. The minimum atomic E-state index is -4.61. The number of amides is 2.